The highest BCUT2D eigenvalue weighted by Crippen LogP contribution is 2.30. The summed E-state index contributed by atoms with van der Waals surface area (Å²) in [5.41, 5.74) is 2.16. The number of hydrogen-bond donors (Lipinski definition) is 2. The largest absolute Gasteiger partial charge is 0.493 e. The number of aromatic amines is 1. The van der Waals surface area contributed by atoms with Gasteiger partial charge in [-0.3, -0.25) is 14.7 Å². The van der Waals surface area contributed by atoms with Gasteiger partial charge < -0.3 is 5.11 Å². The molecule has 3 aromatic rings. The number of nitrogens with zero attached hydrogens (tertiary/aromatic N) is 1. The molecule has 0 unspecified atom stereocenters. The zero-order valence-corrected chi connectivity index (χ0v) is 15.0. The molecular weight excluding hydrogens is 396 g/mol. The molecule has 128 valence electrons. The molecule has 5 nitrogen and oxygen atoms in total. The Labute approximate surface area is 157 Å². The molecule has 2 aromatic carbocycles. The fourth-order valence-electron chi connectivity index (χ4n) is 2.91. The maximum absolute atomic E-state index is 12.4. The van der Waals surface area contributed by atoms with Crippen LogP contribution < -0.4 is 5.56 Å². The third-order valence-electron chi connectivity index (χ3n) is 4.21. The summed E-state index contributed by atoms with van der Waals surface area (Å²) in [5.74, 6) is -0.455. The van der Waals surface area contributed by atoms with Gasteiger partial charge in [0.05, 0.1) is 5.69 Å². The fraction of sp³-hybridized carbons (Fsp3) is 0. The fourth-order valence-corrected chi connectivity index (χ4v) is 3.18. The van der Waals surface area contributed by atoms with Crippen LogP contribution in [0.4, 0.5) is 0 Å². The van der Waals surface area contributed by atoms with Crippen molar-refractivity contribution in [2.45, 2.75) is 0 Å². The number of ketones is 1. The van der Waals surface area contributed by atoms with Crippen LogP contribution >= 0.6 is 15.9 Å². The second kappa shape index (κ2) is 6.31. The van der Waals surface area contributed by atoms with Crippen LogP contribution in [0, 0.1) is 0 Å². The van der Waals surface area contributed by atoms with Gasteiger partial charge in [-0.15, -0.1) is 0 Å². The van der Waals surface area contributed by atoms with E-state index in [1.54, 1.807) is 30.3 Å². The summed E-state index contributed by atoms with van der Waals surface area (Å²) in [7, 11) is 0. The van der Waals surface area contributed by atoms with Crippen molar-refractivity contribution >= 4 is 39.4 Å². The zero-order chi connectivity index (χ0) is 18.3. The van der Waals surface area contributed by atoms with Gasteiger partial charge in [-0.05, 0) is 47.5 Å². The molecule has 0 saturated carbocycles. The molecule has 0 fully saturated rings. The van der Waals surface area contributed by atoms with Crippen LogP contribution in [-0.4, -0.2) is 20.7 Å². The molecule has 1 aliphatic rings. The van der Waals surface area contributed by atoms with E-state index in [0.29, 0.717) is 11.3 Å². The van der Waals surface area contributed by atoms with E-state index in [1.807, 2.05) is 24.3 Å². The average molecular weight is 409 g/mol. The number of H-pyrrole nitrogens is 1. The van der Waals surface area contributed by atoms with Gasteiger partial charge in [-0.25, -0.2) is 4.68 Å². The van der Waals surface area contributed by atoms with E-state index in [2.05, 4.69) is 21.0 Å². The van der Waals surface area contributed by atoms with Crippen LogP contribution in [0.15, 0.2) is 63.9 Å². The summed E-state index contributed by atoms with van der Waals surface area (Å²) >= 11 is 3.35. The zero-order valence-electron chi connectivity index (χ0n) is 13.4. The molecule has 2 N–H and O–H groups in total. The highest BCUT2D eigenvalue weighted by Gasteiger charge is 2.20. The number of benzene rings is 2. The van der Waals surface area contributed by atoms with E-state index < -0.39 is 5.56 Å². The molecule has 1 heterocycles. The summed E-state index contributed by atoms with van der Waals surface area (Å²) in [6.07, 6.45) is 4.64. The average Bonchev–Trinajstić information content (AvgIpc) is 2.92. The second-order valence-electron chi connectivity index (χ2n) is 5.83. The third-order valence-corrected chi connectivity index (χ3v) is 4.74. The van der Waals surface area contributed by atoms with Crippen molar-refractivity contribution in [1.29, 1.82) is 0 Å². The van der Waals surface area contributed by atoms with Crippen molar-refractivity contribution in [2.75, 3.05) is 0 Å². The molecule has 0 spiro atoms. The maximum atomic E-state index is 12.4. The summed E-state index contributed by atoms with van der Waals surface area (Å²) in [4.78, 5) is 24.7. The molecule has 0 bridgehead atoms. The molecule has 0 saturated heterocycles. The number of rotatable bonds is 2. The lowest BCUT2D eigenvalue weighted by Gasteiger charge is -2.12. The first-order chi connectivity index (χ1) is 12.5. The van der Waals surface area contributed by atoms with Gasteiger partial charge in [0.2, 0.25) is 5.88 Å². The van der Waals surface area contributed by atoms with Crippen LogP contribution in [0.5, 0.6) is 5.88 Å². The van der Waals surface area contributed by atoms with Crippen molar-refractivity contribution in [2.24, 2.45) is 0 Å². The summed E-state index contributed by atoms with van der Waals surface area (Å²) < 4.78 is 2.17. The molecular formula is C20H13BrN2O3. The monoisotopic (exact) mass is 408 g/mol. The van der Waals surface area contributed by atoms with Gasteiger partial charge in [0.25, 0.3) is 5.56 Å². The Morgan fingerprint density at radius 1 is 1.00 bits per heavy atom. The Kier molecular flexibility index (Phi) is 3.97. The molecule has 0 radical (unpaired) electrons. The Bertz CT molecular complexity index is 1130. The topological polar surface area (TPSA) is 75.1 Å². The third kappa shape index (κ3) is 2.74. The van der Waals surface area contributed by atoms with E-state index in [4.69, 9.17) is 0 Å². The van der Waals surface area contributed by atoms with Crippen molar-refractivity contribution in [1.82, 2.24) is 9.78 Å². The minimum Gasteiger partial charge on any atom is -0.493 e. The molecule has 0 aliphatic heterocycles. The van der Waals surface area contributed by atoms with Gasteiger partial charge >= 0.3 is 0 Å². The van der Waals surface area contributed by atoms with E-state index in [1.165, 1.54) is 16.8 Å². The number of allylic oxidation sites excluding steroid dienone is 2. The van der Waals surface area contributed by atoms with Gasteiger partial charge in [0.15, 0.2) is 5.78 Å². The number of nitrogens with one attached hydrogen (secondary N) is 1. The van der Waals surface area contributed by atoms with Crippen molar-refractivity contribution in [3.63, 3.8) is 0 Å². The van der Waals surface area contributed by atoms with Crippen LogP contribution in [-0.2, 0) is 4.79 Å². The van der Waals surface area contributed by atoms with Crippen molar-refractivity contribution in [3.05, 3.63) is 86.1 Å². The SMILES string of the molecule is O=C1C=Cc2ccccc2/C1=C/c1c(O)n(-c2ccc(Br)cc2)[nH]c1=O. The lowest BCUT2D eigenvalue weighted by Crippen LogP contribution is -2.08. The van der Waals surface area contributed by atoms with Gasteiger partial charge in [0.1, 0.15) is 5.56 Å². The normalized spacial score (nSPS) is 14.7. The Morgan fingerprint density at radius 3 is 2.50 bits per heavy atom. The lowest BCUT2D eigenvalue weighted by atomic mass is 9.90. The first-order valence-corrected chi connectivity index (χ1v) is 8.67. The molecule has 1 aromatic heterocycles. The minimum absolute atomic E-state index is 0.0429. The van der Waals surface area contributed by atoms with Crippen LogP contribution in [0.25, 0.3) is 23.4 Å². The van der Waals surface area contributed by atoms with E-state index in [0.717, 1.165) is 15.6 Å². The summed E-state index contributed by atoms with van der Waals surface area (Å²) in [5, 5.41) is 13.1. The highest BCUT2D eigenvalue weighted by molar-refractivity contribution is 9.10. The molecule has 4 rings (SSSR count). The van der Waals surface area contributed by atoms with E-state index in [9.17, 15) is 14.7 Å². The molecule has 6 heteroatoms. The Balaban J connectivity index is 1.86. The second-order valence-corrected chi connectivity index (χ2v) is 6.75. The predicted molar refractivity (Wildman–Crippen MR) is 104 cm³/mol. The standard InChI is InChI=1S/C20H13BrN2O3/c21-13-6-8-14(9-7-13)23-20(26)17(19(25)22-23)11-16-15-4-2-1-3-12(15)5-10-18(16)24/h1-11,26H,(H,22,25)/b16-11-. The molecule has 0 atom stereocenters. The number of halogens is 1. The highest BCUT2D eigenvalue weighted by atomic mass is 79.9. The van der Waals surface area contributed by atoms with E-state index in [-0.39, 0.29) is 17.2 Å². The molecule has 26 heavy (non-hydrogen) atoms. The number of aromatic nitrogens is 2. The van der Waals surface area contributed by atoms with E-state index >= 15 is 0 Å². The number of carbonyl (C=O) groups is 1. The van der Waals surface area contributed by atoms with Gasteiger partial charge in [-0.1, -0.05) is 46.3 Å². The number of aromatic hydroxyl groups is 1. The smallest absolute Gasteiger partial charge is 0.275 e. The van der Waals surface area contributed by atoms with Gasteiger partial charge in [0, 0.05) is 10.0 Å². The Morgan fingerprint density at radius 2 is 1.73 bits per heavy atom. The number of hydrogen-bond acceptors (Lipinski definition) is 3. The maximum Gasteiger partial charge on any atom is 0.275 e. The predicted octanol–water partition coefficient (Wildman–Crippen LogP) is 3.77. The first kappa shape index (κ1) is 16.4. The molecule has 1 aliphatic carbocycles. The molecule has 0 amide bonds. The summed E-state index contributed by atoms with van der Waals surface area (Å²) in [6, 6.07) is 14.5. The Hall–Kier alpha value is -3.12. The van der Waals surface area contributed by atoms with Crippen LogP contribution in [0.3, 0.4) is 0 Å². The summed E-state index contributed by atoms with van der Waals surface area (Å²) in [6.45, 7) is 0. The first-order valence-electron chi connectivity index (χ1n) is 7.88. The minimum atomic E-state index is -0.474. The quantitative estimate of drug-likeness (QED) is 0.633. The number of carbonyl (C=O) groups excluding carboxylic acids is 1. The lowest BCUT2D eigenvalue weighted by molar-refractivity contribution is -0.109. The number of fused-ring (bicyclic) bond motifs is 1. The van der Waals surface area contributed by atoms with Crippen LogP contribution in [0.2, 0.25) is 0 Å². The van der Waals surface area contributed by atoms with Crippen LogP contribution in [0.1, 0.15) is 16.7 Å². The van der Waals surface area contributed by atoms with Crippen molar-refractivity contribution in [3.8, 4) is 11.6 Å². The van der Waals surface area contributed by atoms with Gasteiger partial charge in [-0.2, -0.15) is 0 Å². The van der Waals surface area contributed by atoms with Crippen molar-refractivity contribution < 1.29 is 9.90 Å².